The van der Waals surface area contributed by atoms with Gasteiger partial charge in [0.05, 0.1) is 24.3 Å². The van der Waals surface area contributed by atoms with E-state index in [1.54, 1.807) is 0 Å². The number of fused-ring (bicyclic) bond motifs is 1. The fourth-order valence-electron chi connectivity index (χ4n) is 2.49. The standard InChI is InChI=1S/C15H12ClF3N2O5S/c16-9-1-2-10-11(14(22)21-3-5-25-6-4-21)8-13(20-12(10)7-9)26-27(23,24)15(17,18)19/h1-2,7-8H,3-6H2. The monoisotopic (exact) mass is 424 g/mol. The number of nitrogens with zero attached hydrogens (tertiary/aromatic N) is 2. The van der Waals surface area contributed by atoms with E-state index >= 15 is 0 Å². The number of ether oxygens (including phenoxy) is 1. The summed E-state index contributed by atoms with van der Waals surface area (Å²) in [5.74, 6) is -1.39. The first-order chi connectivity index (χ1) is 12.6. The highest BCUT2D eigenvalue weighted by Gasteiger charge is 2.49. The molecule has 1 aliphatic heterocycles. The fourth-order valence-corrected chi connectivity index (χ4v) is 3.06. The van der Waals surface area contributed by atoms with Crippen LogP contribution < -0.4 is 4.18 Å². The number of benzene rings is 1. The van der Waals surface area contributed by atoms with Gasteiger partial charge in [0.15, 0.2) is 0 Å². The van der Waals surface area contributed by atoms with Crippen LogP contribution >= 0.6 is 11.6 Å². The van der Waals surface area contributed by atoms with E-state index in [0.717, 1.165) is 6.07 Å². The molecule has 0 radical (unpaired) electrons. The van der Waals surface area contributed by atoms with Crippen LogP contribution in [0.15, 0.2) is 24.3 Å². The molecule has 0 spiro atoms. The number of halogens is 4. The number of aromatic nitrogens is 1. The van der Waals surface area contributed by atoms with Crippen LogP contribution in [-0.2, 0) is 14.9 Å². The molecule has 2 aromatic rings. The number of amides is 1. The Kier molecular flexibility index (Phi) is 5.19. The predicted molar refractivity (Wildman–Crippen MR) is 89.1 cm³/mol. The first kappa shape index (κ1) is 19.6. The molecule has 0 saturated carbocycles. The average molecular weight is 425 g/mol. The molecule has 27 heavy (non-hydrogen) atoms. The van der Waals surface area contributed by atoms with Gasteiger partial charge in [0.25, 0.3) is 5.91 Å². The van der Waals surface area contributed by atoms with Gasteiger partial charge in [-0.3, -0.25) is 4.79 Å². The minimum atomic E-state index is -5.94. The summed E-state index contributed by atoms with van der Waals surface area (Å²) in [6.45, 7) is 1.19. The summed E-state index contributed by atoms with van der Waals surface area (Å²) >= 11 is 5.87. The summed E-state index contributed by atoms with van der Waals surface area (Å²) in [5, 5.41) is 0.503. The molecule has 3 rings (SSSR count). The summed E-state index contributed by atoms with van der Waals surface area (Å²) in [5.41, 5.74) is -5.66. The van der Waals surface area contributed by atoms with E-state index in [1.807, 2.05) is 0 Å². The van der Waals surface area contributed by atoms with E-state index in [1.165, 1.54) is 23.1 Å². The van der Waals surface area contributed by atoms with Crippen molar-refractivity contribution in [2.45, 2.75) is 5.51 Å². The Morgan fingerprint density at radius 2 is 1.89 bits per heavy atom. The van der Waals surface area contributed by atoms with Crippen molar-refractivity contribution < 1.29 is 35.3 Å². The third-order valence-corrected chi connectivity index (χ3v) is 4.95. The van der Waals surface area contributed by atoms with Crippen molar-refractivity contribution in [3.8, 4) is 5.88 Å². The summed E-state index contributed by atoms with van der Waals surface area (Å²) in [6.07, 6.45) is 0. The number of alkyl halides is 3. The molecule has 1 aliphatic rings. The van der Waals surface area contributed by atoms with Crippen molar-refractivity contribution >= 4 is 38.5 Å². The summed E-state index contributed by atoms with van der Waals surface area (Å²) < 4.78 is 69.6. The molecule has 1 amide bonds. The SMILES string of the molecule is O=C(c1cc(OS(=O)(=O)C(F)(F)F)nc2cc(Cl)ccc12)N1CCOCC1. The Balaban J connectivity index is 2.09. The number of hydrogen-bond donors (Lipinski definition) is 0. The number of rotatable bonds is 3. The van der Waals surface area contributed by atoms with E-state index in [9.17, 15) is 26.4 Å². The minimum Gasteiger partial charge on any atom is -0.378 e. The molecule has 1 aromatic heterocycles. The highest BCUT2D eigenvalue weighted by Crippen LogP contribution is 2.30. The second-order valence-electron chi connectivity index (χ2n) is 5.56. The third-order valence-electron chi connectivity index (χ3n) is 3.76. The number of morpholine rings is 1. The molecular weight excluding hydrogens is 413 g/mol. The van der Waals surface area contributed by atoms with Crippen LogP contribution in [0, 0.1) is 0 Å². The number of carbonyl (C=O) groups is 1. The maximum Gasteiger partial charge on any atom is 0.534 e. The van der Waals surface area contributed by atoms with Crippen LogP contribution in [0.1, 0.15) is 10.4 Å². The molecule has 12 heteroatoms. The van der Waals surface area contributed by atoms with Gasteiger partial charge in [0.1, 0.15) is 0 Å². The highest BCUT2D eigenvalue weighted by molar-refractivity contribution is 7.87. The smallest absolute Gasteiger partial charge is 0.378 e. The van der Waals surface area contributed by atoms with Gasteiger partial charge >= 0.3 is 15.6 Å². The largest absolute Gasteiger partial charge is 0.534 e. The summed E-state index contributed by atoms with van der Waals surface area (Å²) in [7, 11) is -5.94. The van der Waals surface area contributed by atoms with Gasteiger partial charge in [-0.1, -0.05) is 17.7 Å². The predicted octanol–water partition coefficient (Wildman–Crippen LogP) is 2.59. The van der Waals surface area contributed by atoms with E-state index in [-0.39, 0.29) is 29.2 Å². The van der Waals surface area contributed by atoms with Crippen LogP contribution in [0.5, 0.6) is 5.88 Å². The zero-order valence-electron chi connectivity index (χ0n) is 13.5. The van der Waals surface area contributed by atoms with E-state index in [2.05, 4.69) is 9.17 Å². The number of hydrogen-bond acceptors (Lipinski definition) is 6. The molecule has 1 fully saturated rings. The van der Waals surface area contributed by atoms with Crippen molar-refractivity contribution in [2.24, 2.45) is 0 Å². The van der Waals surface area contributed by atoms with E-state index in [0.29, 0.717) is 18.6 Å². The Morgan fingerprint density at radius 1 is 1.22 bits per heavy atom. The number of carbonyl (C=O) groups excluding carboxylic acids is 1. The molecule has 7 nitrogen and oxygen atoms in total. The highest BCUT2D eigenvalue weighted by atomic mass is 35.5. The van der Waals surface area contributed by atoms with Crippen molar-refractivity contribution in [3.05, 3.63) is 34.9 Å². The van der Waals surface area contributed by atoms with Gasteiger partial charge in [-0.15, -0.1) is 0 Å². The molecule has 0 unspecified atom stereocenters. The maximum atomic E-state index is 12.8. The van der Waals surface area contributed by atoms with Crippen LogP contribution in [0.4, 0.5) is 13.2 Å². The van der Waals surface area contributed by atoms with Gasteiger partial charge < -0.3 is 13.8 Å². The minimum absolute atomic E-state index is 0.0222. The molecule has 2 heterocycles. The first-order valence-electron chi connectivity index (χ1n) is 7.56. The summed E-state index contributed by atoms with van der Waals surface area (Å²) in [6, 6.07) is 5.12. The maximum absolute atomic E-state index is 12.8. The van der Waals surface area contributed by atoms with Crippen molar-refractivity contribution in [1.82, 2.24) is 9.88 Å². The van der Waals surface area contributed by atoms with Gasteiger partial charge in [0.2, 0.25) is 5.88 Å². The zero-order chi connectivity index (χ0) is 19.8. The van der Waals surface area contributed by atoms with Gasteiger partial charge in [-0.25, -0.2) is 4.98 Å². The summed E-state index contributed by atoms with van der Waals surface area (Å²) in [4.78, 5) is 18.0. The van der Waals surface area contributed by atoms with Crippen molar-refractivity contribution in [3.63, 3.8) is 0 Å². The van der Waals surface area contributed by atoms with Gasteiger partial charge in [-0.2, -0.15) is 21.6 Å². The molecular formula is C15H12ClF3N2O5S. The molecule has 146 valence electrons. The second kappa shape index (κ2) is 7.13. The molecule has 0 N–H and O–H groups in total. The molecule has 1 aromatic carbocycles. The Morgan fingerprint density at radius 3 is 2.52 bits per heavy atom. The molecule has 0 bridgehead atoms. The van der Waals surface area contributed by atoms with Crippen LogP contribution in [0.2, 0.25) is 5.02 Å². The lowest BCUT2D eigenvalue weighted by Crippen LogP contribution is -2.40. The van der Waals surface area contributed by atoms with E-state index in [4.69, 9.17) is 16.3 Å². The number of pyridine rings is 1. The molecule has 0 aliphatic carbocycles. The van der Waals surface area contributed by atoms with Gasteiger partial charge in [0, 0.05) is 29.6 Å². The second-order valence-corrected chi connectivity index (χ2v) is 7.53. The topological polar surface area (TPSA) is 85.8 Å². The lowest BCUT2D eigenvalue weighted by molar-refractivity contribution is -0.0501. The quantitative estimate of drug-likeness (QED) is 0.556. The van der Waals surface area contributed by atoms with Crippen molar-refractivity contribution in [1.29, 1.82) is 0 Å². The van der Waals surface area contributed by atoms with Crippen LogP contribution in [-0.4, -0.2) is 56.0 Å². The van der Waals surface area contributed by atoms with Crippen LogP contribution in [0.3, 0.4) is 0 Å². The average Bonchev–Trinajstić information content (AvgIpc) is 2.59. The normalized spacial score (nSPS) is 15.8. The molecule has 0 atom stereocenters. The zero-order valence-corrected chi connectivity index (χ0v) is 15.1. The van der Waals surface area contributed by atoms with Gasteiger partial charge in [-0.05, 0) is 12.1 Å². The first-order valence-corrected chi connectivity index (χ1v) is 9.35. The fraction of sp³-hybridized carbons (Fsp3) is 0.333. The third kappa shape index (κ3) is 4.09. The lowest BCUT2D eigenvalue weighted by atomic mass is 10.1. The molecule has 1 saturated heterocycles. The lowest BCUT2D eigenvalue weighted by Gasteiger charge is -2.27. The van der Waals surface area contributed by atoms with Crippen LogP contribution in [0.25, 0.3) is 10.9 Å². The Bertz CT molecular complexity index is 991. The Hall–Kier alpha value is -2.11. The van der Waals surface area contributed by atoms with E-state index < -0.39 is 27.4 Å². The Labute approximate surface area is 156 Å². The van der Waals surface area contributed by atoms with Crippen molar-refractivity contribution in [2.75, 3.05) is 26.3 Å².